The molecule has 1 heterocycles. The van der Waals surface area contributed by atoms with Crippen molar-refractivity contribution in [2.24, 2.45) is 5.92 Å². The number of ether oxygens (including phenoxy) is 1. The summed E-state index contributed by atoms with van der Waals surface area (Å²) in [5.41, 5.74) is 6.09. The van der Waals surface area contributed by atoms with E-state index in [1.165, 1.54) is 7.11 Å². The Balaban J connectivity index is 2.09. The lowest BCUT2D eigenvalue weighted by atomic mass is 9.94. The van der Waals surface area contributed by atoms with E-state index in [9.17, 15) is 4.79 Å². The first kappa shape index (κ1) is 11.7. The van der Waals surface area contributed by atoms with Gasteiger partial charge in [0.15, 0.2) is 5.69 Å². The number of imidazole rings is 1. The van der Waals surface area contributed by atoms with E-state index >= 15 is 0 Å². The van der Waals surface area contributed by atoms with E-state index in [-0.39, 0.29) is 5.69 Å². The highest BCUT2D eigenvalue weighted by Gasteiger charge is 2.18. The molecule has 0 saturated heterocycles. The molecule has 1 aromatic heterocycles. The minimum atomic E-state index is -0.482. The first-order chi connectivity index (χ1) is 8.22. The third-order valence-electron chi connectivity index (χ3n) is 3.09. The van der Waals surface area contributed by atoms with Crippen LogP contribution in [0.5, 0.6) is 0 Å². The number of methoxy groups -OCH3 is 1. The molecule has 2 rings (SSSR count). The number of anilines is 1. The number of nitrogen functional groups attached to an aromatic ring is 1. The van der Waals surface area contributed by atoms with Gasteiger partial charge in [-0.3, -0.25) is 0 Å². The van der Waals surface area contributed by atoms with Gasteiger partial charge in [-0.05, 0) is 25.2 Å². The average molecular weight is 235 g/mol. The van der Waals surface area contributed by atoms with Crippen LogP contribution in [0.3, 0.4) is 0 Å². The second-order valence-corrected chi connectivity index (χ2v) is 4.27. The van der Waals surface area contributed by atoms with E-state index in [0.717, 1.165) is 25.8 Å². The van der Waals surface area contributed by atoms with Gasteiger partial charge in [0.05, 0.1) is 13.4 Å². The van der Waals surface area contributed by atoms with Crippen molar-refractivity contribution in [3.8, 4) is 0 Å². The predicted octanol–water partition coefficient (Wildman–Crippen LogP) is 1.61. The molecule has 1 aliphatic carbocycles. The molecule has 1 aliphatic rings. The maximum atomic E-state index is 11.4. The van der Waals surface area contributed by atoms with Crippen LogP contribution in [0.4, 0.5) is 5.82 Å². The van der Waals surface area contributed by atoms with Crippen LogP contribution < -0.4 is 5.73 Å². The van der Waals surface area contributed by atoms with E-state index < -0.39 is 5.97 Å². The second kappa shape index (κ2) is 5.03. The molecule has 0 amide bonds. The number of hydrogen-bond donors (Lipinski definition) is 1. The number of rotatable bonds is 3. The fourth-order valence-electron chi connectivity index (χ4n) is 2.09. The lowest BCUT2D eigenvalue weighted by Gasteiger charge is -2.18. The lowest BCUT2D eigenvalue weighted by Crippen LogP contribution is -2.14. The molecule has 17 heavy (non-hydrogen) atoms. The van der Waals surface area contributed by atoms with Crippen molar-refractivity contribution >= 4 is 11.8 Å². The minimum Gasteiger partial charge on any atom is -0.464 e. The standard InChI is InChI=1S/C12H17N3O2/c1-17-12(16)10-11(13)15(8-14-10)7-9-5-3-2-4-6-9/h2-3,8-9H,4-7,13H2,1H3. The van der Waals surface area contributed by atoms with Gasteiger partial charge in [0.1, 0.15) is 5.82 Å². The van der Waals surface area contributed by atoms with E-state index in [1.807, 2.05) is 4.57 Å². The number of hydrogen-bond acceptors (Lipinski definition) is 4. The molecule has 0 spiro atoms. The quantitative estimate of drug-likeness (QED) is 0.638. The number of allylic oxidation sites excluding steroid dienone is 2. The summed E-state index contributed by atoms with van der Waals surface area (Å²) >= 11 is 0. The topological polar surface area (TPSA) is 70.1 Å². The van der Waals surface area contributed by atoms with Gasteiger partial charge in [-0.15, -0.1) is 0 Å². The fourth-order valence-corrected chi connectivity index (χ4v) is 2.09. The summed E-state index contributed by atoms with van der Waals surface area (Å²) in [6.07, 6.45) is 9.34. The fraction of sp³-hybridized carbons (Fsp3) is 0.500. The van der Waals surface area contributed by atoms with E-state index in [0.29, 0.717) is 11.7 Å². The molecular weight excluding hydrogens is 218 g/mol. The Morgan fingerprint density at radius 1 is 1.65 bits per heavy atom. The summed E-state index contributed by atoms with van der Waals surface area (Å²) in [6, 6.07) is 0. The largest absolute Gasteiger partial charge is 0.464 e. The summed E-state index contributed by atoms with van der Waals surface area (Å²) in [6.45, 7) is 0.806. The molecule has 1 aromatic rings. The number of aromatic nitrogens is 2. The molecule has 1 atom stereocenters. The Bertz CT molecular complexity index is 437. The van der Waals surface area contributed by atoms with Gasteiger partial charge in [-0.2, -0.15) is 0 Å². The normalized spacial score (nSPS) is 19.2. The van der Waals surface area contributed by atoms with Crippen molar-refractivity contribution < 1.29 is 9.53 Å². The van der Waals surface area contributed by atoms with Gasteiger partial charge in [0.25, 0.3) is 0 Å². The van der Waals surface area contributed by atoms with Gasteiger partial charge in [-0.25, -0.2) is 9.78 Å². The Labute approximate surface area is 100 Å². The molecule has 0 radical (unpaired) electrons. The molecule has 0 saturated carbocycles. The molecule has 5 heteroatoms. The van der Waals surface area contributed by atoms with Gasteiger partial charge >= 0.3 is 5.97 Å². The van der Waals surface area contributed by atoms with Crippen LogP contribution in [0.25, 0.3) is 0 Å². The highest BCUT2D eigenvalue weighted by atomic mass is 16.5. The first-order valence-corrected chi connectivity index (χ1v) is 5.76. The smallest absolute Gasteiger partial charge is 0.360 e. The molecule has 0 aromatic carbocycles. The second-order valence-electron chi connectivity index (χ2n) is 4.27. The SMILES string of the molecule is COC(=O)c1ncn(CC2CC=CCC2)c1N. The number of nitrogens with two attached hydrogens (primary N) is 1. The van der Waals surface area contributed by atoms with Crippen molar-refractivity contribution in [3.05, 3.63) is 24.2 Å². The van der Waals surface area contributed by atoms with Crippen molar-refractivity contribution in [1.29, 1.82) is 0 Å². The highest BCUT2D eigenvalue weighted by molar-refractivity contribution is 5.91. The van der Waals surface area contributed by atoms with Crippen LogP contribution in [0.2, 0.25) is 0 Å². The monoisotopic (exact) mass is 235 g/mol. The average Bonchev–Trinajstić information content (AvgIpc) is 2.72. The summed E-state index contributed by atoms with van der Waals surface area (Å²) in [7, 11) is 1.33. The molecular formula is C12H17N3O2. The number of carbonyl (C=O) groups excluding carboxylic acids is 1. The van der Waals surface area contributed by atoms with Crippen molar-refractivity contribution in [2.75, 3.05) is 12.8 Å². The number of nitrogens with zero attached hydrogens (tertiary/aromatic N) is 2. The zero-order valence-corrected chi connectivity index (χ0v) is 9.93. The van der Waals surface area contributed by atoms with Crippen LogP contribution >= 0.6 is 0 Å². The van der Waals surface area contributed by atoms with Crippen LogP contribution in [-0.4, -0.2) is 22.6 Å². The zero-order valence-electron chi connectivity index (χ0n) is 9.93. The Hall–Kier alpha value is -1.78. The van der Waals surface area contributed by atoms with Crippen molar-refractivity contribution in [3.63, 3.8) is 0 Å². The van der Waals surface area contributed by atoms with Crippen molar-refractivity contribution in [2.45, 2.75) is 25.8 Å². The molecule has 0 fully saturated rings. The first-order valence-electron chi connectivity index (χ1n) is 5.76. The van der Waals surface area contributed by atoms with E-state index in [1.54, 1.807) is 6.33 Å². The van der Waals surface area contributed by atoms with Crippen LogP contribution in [0, 0.1) is 5.92 Å². The van der Waals surface area contributed by atoms with Crippen LogP contribution in [0.1, 0.15) is 29.8 Å². The summed E-state index contributed by atoms with van der Waals surface area (Å²) in [5, 5.41) is 0. The molecule has 1 unspecified atom stereocenters. The van der Waals surface area contributed by atoms with Crippen molar-refractivity contribution in [1.82, 2.24) is 9.55 Å². The molecule has 2 N–H and O–H groups in total. The third kappa shape index (κ3) is 2.49. The van der Waals surface area contributed by atoms with E-state index in [2.05, 4.69) is 21.9 Å². The zero-order chi connectivity index (χ0) is 12.3. The van der Waals surface area contributed by atoms with Gasteiger partial charge in [0.2, 0.25) is 0 Å². The number of carbonyl (C=O) groups is 1. The third-order valence-corrected chi connectivity index (χ3v) is 3.09. The van der Waals surface area contributed by atoms with Gasteiger partial charge in [-0.1, -0.05) is 12.2 Å². The highest BCUT2D eigenvalue weighted by Crippen LogP contribution is 2.22. The Morgan fingerprint density at radius 2 is 2.47 bits per heavy atom. The summed E-state index contributed by atoms with van der Waals surface area (Å²) in [5.74, 6) is 0.484. The van der Waals surface area contributed by atoms with E-state index in [4.69, 9.17) is 5.73 Å². The molecule has 5 nitrogen and oxygen atoms in total. The molecule has 0 aliphatic heterocycles. The Morgan fingerprint density at radius 3 is 3.12 bits per heavy atom. The van der Waals surface area contributed by atoms with Gasteiger partial charge in [0, 0.05) is 6.54 Å². The maximum Gasteiger partial charge on any atom is 0.360 e. The van der Waals surface area contributed by atoms with Crippen LogP contribution in [-0.2, 0) is 11.3 Å². The lowest BCUT2D eigenvalue weighted by molar-refractivity contribution is 0.0596. The Kier molecular flexibility index (Phi) is 3.46. The molecule has 92 valence electrons. The molecule has 0 bridgehead atoms. The predicted molar refractivity (Wildman–Crippen MR) is 64.5 cm³/mol. The summed E-state index contributed by atoms with van der Waals surface area (Å²) in [4.78, 5) is 15.3. The maximum absolute atomic E-state index is 11.4. The number of esters is 1. The van der Waals surface area contributed by atoms with Crippen LogP contribution in [0.15, 0.2) is 18.5 Å². The summed E-state index contributed by atoms with van der Waals surface area (Å²) < 4.78 is 6.44. The minimum absolute atomic E-state index is 0.207. The van der Waals surface area contributed by atoms with Gasteiger partial charge < -0.3 is 15.0 Å².